The summed E-state index contributed by atoms with van der Waals surface area (Å²) >= 11 is 0. The minimum Gasteiger partial charge on any atom is -0.467 e. The van der Waals surface area contributed by atoms with E-state index in [0.717, 1.165) is 25.4 Å². The van der Waals surface area contributed by atoms with Crippen LogP contribution in [0.25, 0.3) is 0 Å². The molecule has 0 bridgehead atoms. The summed E-state index contributed by atoms with van der Waals surface area (Å²) in [6.45, 7) is 7.57. The van der Waals surface area contributed by atoms with Crippen LogP contribution in [0.15, 0.2) is 16.7 Å². The van der Waals surface area contributed by atoms with Crippen LogP contribution in [0.5, 0.6) is 0 Å². The zero-order chi connectivity index (χ0) is 13.9. The highest BCUT2D eigenvalue weighted by Crippen LogP contribution is 2.30. The first-order valence-electron chi connectivity index (χ1n) is 6.81. The Balaban J connectivity index is 1.94. The van der Waals surface area contributed by atoms with Crippen LogP contribution in [0.3, 0.4) is 0 Å². The van der Waals surface area contributed by atoms with Crippen molar-refractivity contribution in [2.24, 2.45) is 11.3 Å². The van der Waals surface area contributed by atoms with Crippen LogP contribution in [0.2, 0.25) is 0 Å². The number of rotatable bonds is 3. The lowest BCUT2D eigenvalue weighted by Crippen LogP contribution is -2.29. The highest BCUT2D eigenvalue weighted by Gasteiger charge is 2.23. The van der Waals surface area contributed by atoms with E-state index in [0.29, 0.717) is 11.0 Å². The molecule has 1 aliphatic rings. The van der Waals surface area contributed by atoms with Gasteiger partial charge in [0, 0.05) is 0 Å². The van der Waals surface area contributed by atoms with Crippen molar-refractivity contribution in [1.29, 1.82) is 0 Å². The average molecular weight is 265 g/mol. The van der Waals surface area contributed by atoms with E-state index in [1.54, 1.807) is 6.07 Å². The second kappa shape index (κ2) is 5.75. The normalized spacial score (nSPS) is 19.9. The van der Waals surface area contributed by atoms with Gasteiger partial charge in [0.25, 0.3) is 5.91 Å². The lowest BCUT2D eigenvalue weighted by Gasteiger charge is -2.22. The number of hydrazine groups is 1. The summed E-state index contributed by atoms with van der Waals surface area (Å²) in [5, 5.41) is 0. The van der Waals surface area contributed by atoms with E-state index in [4.69, 9.17) is 10.3 Å². The third-order valence-electron chi connectivity index (χ3n) is 3.86. The number of hydrogen-bond acceptors (Lipinski definition) is 4. The lowest BCUT2D eigenvalue weighted by atomic mass is 9.85. The average Bonchev–Trinajstić information content (AvgIpc) is 2.76. The Labute approximate surface area is 114 Å². The van der Waals surface area contributed by atoms with Gasteiger partial charge in [0.2, 0.25) is 0 Å². The molecule has 0 spiro atoms. The first-order valence-corrected chi connectivity index (χ1v) is 6.81. The van der Waals surface area contributed by atoms with E-state index < -0.39 is 0 Å². The summed E-state index contributed by atoms with van der Waals surface area (Å²) < 4.78 is 5.43. The fraction of sp³-hybridized carbons (Fsp3) is 0.643. The SMILES string of the molecule is CC1(C)CCCN(Cc2cc(C(=O)NN)co2)CC1. The molecule has 1 saturated heterocycles. The van der Waals surface area contributed by atoms with Crippen molar-refractivity contribution >= 4 is 5.91 Å². The van der Waals surface area contributed by atoms with Gasteiger partial charge in [0.05, 0.1) is 12.1 Å². The Bertz CT molecular complexity index is 440. The zero-order valence-corrected chi connectivity index (χ0v) is 11.7. The Morgan fingerprint density at radius 3 is 3.00 bits per heavy atom. The lowest BCUT2D eigenvalue weighted by molar-refractivity contribution is 0.0953. The van der Waals surface area contributed by atoms with Gasteiger partial charge in [0.1, 0.15) is 12.0 Å². The largest absolute Gasteiger partial charge is 0.467 e. The van der Waals surface area contributed by atoms with E-state index >= 15 is 0 Å². The van der Waals surface area contributed by atoms with E-state index in [1.165, 1.54) is 25.5 Å². The number of hydrogen-bond donors (Lipinski definition) is 2. The fourth-order valence-electron chi connectivity index (χ4n) is 2.52. The van der Waals surface area contributed by atoms with Gasteiger partial charge in [-0.1, -0.05) is 13.8 Å². The maximum absolute atomic E-state index is 11.3. The van der Waals surface area contributed by atoms with Crippen molar-refractivity contribution in [3.8, 4) is 0 Å². The second-order valence-corrected chi connectivity index (χ2v) is 6.07. The third-order valence-corrected chi connectivity index (χ3v) is 3.86. The predicted octanol–water partition coefficient (Wildman–Crippen LogP) is 1.90. The maximum atomic E-state index is 11.3. The Morgan fingerprint density at radius 1 is 1.47 bits per heavy atom. The molecule has 0 unspecified atom stereocenters. The van der Waals surface area contributed by atoms with Gasteiger partial charge in [-0.05, 0) is 43.8 Å². The molecule has 0 aromatic carbocycles. The van der Waals surface area contributed by atoms with Gasteiger partial charge in [-0.25, -0.2) is 5.84 Å². The zero-order valence-electron chi connectivity index (χ0n) is 11.7. The minimum absolute atomic E-state index is 0.313. The molecule has 5 nitrogen and oxygen atoms in total. The Kier molecular flexibility index (Phi) is 4.27. The van der Waals surface area contributed by atoms with E-state index in [9.17, 15) is 4.79 Å². The van der Waals surface area contributed by atoms with Crippen molar-refractivity contribution < 1.29 is 9.21 Å². The van der Waals surface area contributed by atoms with Crippen LogP contribution in [-0.4, -0.2) is 23.9 Å². The summed E-state index contributed by atoms with van der Waals surface area (Å²) in [5.74, 6) is 5.60. The summed E-state index contributed by atoms with van der Waals surface area (Å²) in [6, 6.07) is 1.76. The van der Waals surface area contributed by atoms with Crippen molar-refractivity contribution in [1.82, 2.24) is 10.3 Å². The maximum Gasteiger partial charge on any atom is 0.268 e. The third kappa shape index (κ3) is 3.81. The van der Waals surface area contributed by atoms with Gasteiger partial charge in [0.15, 0.2) is 0 Å². The summed E-state index contributed by atoms with van der Waals surface area (Å²) in [5.41, 5.74) is 3.02. The molecule has 19 heavy (non-hydrogen) atoms. The molecule has 5 heteroatoms. The molecule has 0 saturated carbocycles. The fourth-order valence-corrected chi connectivity index (χ4v) is 2.52. The predicted molar refractivity (Wildman–Crippen MR) is 73.3 cm³/mol. The number of likely N-dealkylation sites (tertiary alicyclic amines) is 1. The Morgan fingerprint density at radius 2 is 2.26 bits per heavy atom. The number of amides is 1. The monoisotopic (exact) mass is 265 g/mol. The first kappa shape index (κ1) is 14.1. The minimum atomic E-state index is -0.313. The molecule has 1 aromatic heterocycles. The standard InChI is InChI=1S/C14H23N3O2/c1-14(2)4-3-6-17(7-5-14)9-12-8-11(10-19-12)13(18)16-15/h8,10H,3-7,9,15H2,1-2H3,(H,16,18). The number of carbonyl (C=O) groups excluding carboxylic acids is 1. The molecule has 1 amide bonds. The molecular formula is C14H23N3O2. The quantitative estimate of drug-likeness (QED) is 0.497. The van der Waals surface area contributed by atoms with Crippen LogP contribution >= 0.6 is 0 Å². The molecule has 3 N–H and O–H groups in total. The molecule has 0 aliphatic carbocycles. The summed E-state index contributed by atoms with van der Waals surface area (Å²) in [6.07, 6.45) is 5.13. The van der Waals surface area contributed by atoms with E-state index in [-0.39, 0.29) is 5.91 Å². The molecule has 1 aromatic rings. The van der Waals surface area contributed by atoms with Crippen LogP contribution < -0.4 is 11.3 Å². The van der Waals surface area contributed by atoms with E-state index in [1.807, 2.05) is 0 Å². The number of furan rings is 1. The van der Waals surface area contributed by atoms with Crippen molar-refractivity contribution in [2.45, 2.75) is 39.7 Å². The number of nitrogens with two attached hydrogens (primary N) is 1. The Hall–Kier alpha value is -1.33. The van der Waals surface area contributed by atoms with Gasteiger partial charge in [-0.15, -0.1) is 0 Å². The van der Waals surface area contributed by atoms with Crippen molar-refractivity contribution in [2.75, 3.05) is 13.1 Å². The van der Waals surface area contributed by atoms with E-state index in [2.05, 4.69) is 24.2 Å². The van der Waals surface area contributed by atoms with Crippen molar-refractivity contribution in [3.63, 3.8) is 0 Å². The molecule has 106 valence electrons. The number of nitrogen functional groups attached to an aromatic ring is 1. The summed E-state index contributed by atoms with van der Waals surface area (Å²) in [7, 11) is 0. The summed E-state index contributed by atoms with van der Waals surface area (Å²) in [4.78, 5) is 13.7. The molecule has 0 radical (unpaired) electrons. The van der Waals surface area contributed by atoms with Gasteiger partial charge < -0.3 is 4.42 Å². The van der Waals surface area contributed by atoms with Crippen molar-refractivity contribution in [3.05, 3.63) is 23.7 Å². The molecule has 2 heterocycles. The molecule has 1 fully saturated rings. The highest BCUT2D eigenvalue weighted by molar-refractivity contribution is 5.93. The first-order chi connectivity index (χ1) is 9.00. The van der Waals surface area contributed by atoms with Gasteiger partial charge in [-0.2, -0.15) is 0 Å². The number of nitrogens with one attached hydrogen (secondary N) is 1. The van der Waals surface area contributed by atoms with Crippen LogP contribution in [0.1, 0.15) is 49.2 Å². The smallest absolute Gasteiger partial charge is 0.268 e. The molecule has 1 aliphatic heterocycles. The highest BCUT2D eigenvalue weighted by atomic mass is 16.3. The number of nitrogens with zero attached hydrogens (tertiary/aromatic N) is 1. The second-order valence-electron chi connectivity index (χ2n) is 6.07. The van der Waals surface area contributed by atoms with Gasteiger partial charge >= 0.3 is 0 Å². The number of carbonyl (C=O) groups is 1. The van der Waals surface area contributed by atoms with Crippen LogP contribution in [-0.2, 0) is 6.54 Å². The van der Waals surface area contributed by atoms with Crippen LogP contribution in [0, 0.1) is 5.41 Å². The van der Waals surface area contributed by atoms with Gasteiger partial charge in [-0.3, -0.25) is 15.1 Å². The molecule has 2 rings (SSSR count). The topological polar surface area (TPSA) is 71.5 Å². The molecular weight excluding hydrogens is 242 g/mol. The molecule has 0 atom stereocenters. The van der Waals surface area contributed by atoms with Crippen LogP contribution in [0.4, 0.5) is 0 Å².